The normalized spacial score (nSPS) is 22.8. The van der Waals surface area contributed by atoms with Crippen LogP contribution in [0.15, 0.2) is 30.3 Å². The van der Waals surface area contributed by atoms with Crippen LogP contribution in [0.5, 0.6) is 0 Å². The van der Waals surface area contributed by atoms with Crippen molar-refractivity contribution in [1.82, 2.24) is 5.32 Å². The van der Waals surface area contributed by atoms with E-state index in [1.807, 2.05) is 31.2 Å². The number of hydrogen-bond donors (Lipinski definition) is 2. The number of benzene rings is 1. The lowest BCUT2D eigenvalue weighted by molar-refractivity contribution is -0.117. The summed E-state index contributed by atoms with van der Waals surface area (Å²) in [6.07, 6.45) is 3.83. The van der Waals surface area contributed by atoms with Gasteiger partial charge in [-0.15, -0.1) is 0 Å². The molecule has 0 radical (unpaired) electrons. The van der Waals surface area contributed by atoms with Gasteiger partial charge in [0.25, 0.3) is 0 Å². The van der Waals surface area contributed by atoms with Crippen molar-refractivity contribution in [2.45, 2.75) is 18.9 Å². The Kier molecular flexibility index (Phi) is 4.35. The van der Waals surface area contributed by atoms with Gasteiger partial charge in [0.05, 0.1) is 6.61 Å². The van der Waals surface area contributed by atoms with Crippen molar-refractivity contribution in [3.8, 4) is 0 Å². The molecule has 1 fully saturated rings. The Balaban J connectivity index is 1.86. The highest BCUT2D eigenvalue weighted by Crippen LogP contribution is 2.16. The Labute approximate surface area is 113 Å². The van der Waals surface area contributed by atoms with Crippen LogP contribution < -0.4 is 5.32 Å². The van der Waals surface area contributed by atoms with Crippen molar-refractivity contribution in [3.05, 3.63) is 41.5 Å². The van der Waals surface area contributed by atoms with Crippen molar-refractivity contribution >= 4 is 12.0 Å². The maximum atomic E-state index is 11.7. The van der Waals surface area contributed by atoms with E-state index >= 15 is 0 Å². The number of hydrogen-bond acceptors (Lipinski definition) is 3. The molecule has 1 amide bonds. The Morgan fingerprint density at radius 3 is 3.00 bits per heavy atom. The lowest BCUT2D eigenvalue weighted by Crippen LogP contribution is -2.42. The van der Waals surface area contributed by atoms with E-state index in [2.05, 4.69) is 5.32 Å². The molecule has 0 bridgehead atoms. The summed E-state index contributed by atoms with van der Waals surface area (Å²) >= 11 is 0. The largest absolute Gasteiger partial charge is 0.386 e. The molecule has 102 valence electrons. The smallest absolute Gasteiger partial charge is 0.244 e. The molecule has 1 atom stereocenters. The van der Waals surface area contributed by atoms with Gasteiger partial charge in [-0.25, -0.2) is 0 Å². The molecule has 1 saturated heterocycles. The zero-order valence-electron chi connectivity index (χ0n) is 11.1. The van der Waals surface area contributed by atoms with Gasteiger partial charge in [0.1, 0.15) is 5.60 Å². The van der Waals surface area contributed by atoms with Crippen LogP contribution in [0.1, 0.15) is 17.5 Å². The third-order valence-corrected chi connectivity index (χ3v) is 3.28. The summed E-state index contributed by atoms with van der Waals surface area (Å²) in [5.41, 5.74) is 1.22. The van der Waals surface area contributed by atoms with Crippen molar-refractivity contribution in [1.29, 1.82) is 0 Å². The molecule has 1 aromatic rings. The number of carbonyl (C=O) groups excluding carboxylic acids is 1. The molecule has 2 rings (SSSR count). The summed E-state index contributed by atoms with van der Waals surface area (Å²) in [7, 11) is 0. The quantitative estimate of drug-likeness (QED) is 0.803. The van der Waals surface area contributed by atoms with E-state index in [-0.39, 0.29) is 19.1 Å². The average molecular weight is 261 g/mol. The van der Waals surface area contributed by atoms with Gasteiger partial charge in [-0.1, -0.05) is 24.3 Å². The Bertz CT molecular complexity index is 476. The Morgan fingerprint density at radius 2 is 2.32 bits per heavy atom. The molecule has 1 aliphatic heterocycles. The van der Waals surface area contributed by atoms with Gasteiger partial charge in [-0.3, -0.25) is 4.79 Å². The number of aliphatic hydroxyl groups is 1. The van der Waals surface area contributed by atoms with Crippen LogP contribution in [0, 0.1) is 6.92 Å². The summed E-state index contributed by atoms with van der Waals surface area (Å²) in [5, 5.41) is 12.7. The molecule has 2 N–H and O–H groups in total. The minimum absolute atomic E-state index is 0.205. The molecule has 4 heteroatoms. The standard InChI is InChI=1S/C15H19NO3/c1-12-4-2-3-5-13(12)6-7-14(17)16-10-15(18)8-9-19-11-15/h2-7,18H,8-11H2,1H3,(H,16,17)/b7-6+. The van der Waals surface area contributed by atoms with Crippen LogP contribution in [0.2, 0.25) is 0 Å². The van der Waals surface area contributed by atoms with Crippen molar-refractivity contribution in [3.63, 3.8) is 0 Å². The minimum Gasteiger partial charge on any atom is -0.386 e. The zero-order chi connectivity index (χ0) is 13.7. The van der Waals surface area contributed by atoms with E-state index in [4.69, 9.17) is 4.74 Å². The van der Waals surface area contributed by atoms with Gasteiger partial charge in [0, 0.05) is 25.6 Å². The summed E-state index contributed by atoms with van der Waals surface area (Å²) in [6, 6.07) is 7.85. The number of carbonyl (C=O) groups is 1. The van der Waals surface area contributed by atoms with E-state index in [1.165, 1.54) is 6.08 Å². The highest BCUT2D eigenvalue weighted by atomic mass is 16.5. The van der Waals surface area contributed by atoms with Crippen LogP contribution >= 0.6 is 0 Å². The highest BCUT2D eigenvalue weighted by molar-refractivity contribution is 5.91. The molecular weight excluding hydrogens is 242 g/mol. The monoisotopic (exact) mass is 261 g/mol. The molecule has 4 nitrogen and oxygen atoms in total. The van der Waals surface area contributed by atoms with Crippen molar-refractivity contribution in [2.75, 3.05) is 19.8 Å². The molecule has 1 unspecified atom stereocenters. The van der Waals surface area contributed by atoms with Gasteiger partial charge < -0.3 is 15.2 Å². The summed E-state index contributed by atoms with van der Waals surface area (Å²) < 4.78 is 5.12. The van der Waals surface area contributed by atoms with E-state index in [0.29, 0.717) is 13.0 Å². The second kappa shape index (κ2) is 5.99. The fourth-order valence-electron chi connectivity index (χ4n) is 1.99. The van der Waals surface area contributed by atoms with E-state index in [1.54, 1.807) is 6.08 Å². The number of aryl methyl sites for hydroxylation is 1. The molecule has 0 saturated carbocycles. The summed E-state index contributed by atoms with van der Waals surface area (Å²) in [5.74, 6) is -0.205. The first-order valence-corrected chi connectivity index (χ1v) is 6.41. The van der Waals surface area contributed by atoms with Crippen LogP contribution in [0.3, 0.4) is 0 Å². The van der Waals surface area contributed by atoms with Crippen LogP contribution in [0.25, 0.3) is 6.08 Å². The average Bonchev–Trinajstić information content (AvgIpc) is 2.83. The topological polar surface area (TPSA) is 58.6 Å². The SMILES string of the molecule is Cc1ccccc1/C=C/C(=O)NCC1(O)CCOC1. The first-order chi connectivity index (χ1) is 9.09. The Hall–Kier alpha value is -1.65. The second-order valence-corrected chi connectivity index (χ2v) is 4.93. The maximum absolute atomic E-state index is 11.7. The molecule has 0 spiro atoms. The predicted octanol–water partition coefficient (Wildman–Crippen LogP) is 1.28. The van der Waals surface area contributed by atoms with Gasteiger partial charge in [0.2, 0.25) is 5.91 Å². The zero-order valence-corrected chi connectivity index (χ0v) is 11.1. The fourth-order valence-corrected chi connectivity index (χ4v) is 1.99. The number of ether oxygens (including phenoxy) is 1. The van der Waals surface area contributed by atoms with Gasteiger partial charge in [0.15, 0.2) is 0 Å². The third kappa shape index (κ3) is 3.91. The maximum Gasteiger partial charge on any atom is 0.244 e. The van der Waals surface area contributed by atoms with E-state index in [0.717, 1.165) is 11.1 Å². The third-order valence-electron chi connectivity index (χ3n) is 3.28. The fraction of sp³-hybridized carbons (Fsp3) is 0.400. The molecule has 1 heterocycles. The molecule has 1 aromatic carbocycles. The van der Waals surface area contributed by atoms with Crippen molar-refractivity contribution < 1.29 is 14.6 Å². The summed E-state index contributed by atoms with van der Waals surface area (Å²) in [6.45, 7) is 3.06. The van der Waals surface area contributed by atoms with Crippen molar-refractivity contribution in [2.24, 2.45) is 0 Å². The van der Waals surface area contributed by atoms with Gasteiger partial charge >= 0.3 is 0 Å². The second-order valence-electron chi connectivity index (χ2n) is 4.93. The van der Waals surface area contributed by atoms with Gasteiger partial charge in [-0.05, 0) is 24.1 Å². The molecular formula is C15H19NO3. The molecule has 19 heavy (non-hydrogen) atoms. The first-order valence-electron chi connectivity index (χ1n) is 6.41. The molecule has 1 aliphatic rings. The van der Waals surface area contributed by atoms with E-state index in [9.17, 15) is 9.90 Å². The minimum atomic E-state index is -0.911. The highest BCUT2D eigenvalue weighted by Gasteiger charge is 2.32. The van der Waals surface area contributed by atoms with Gasteiger partial charge in [-0.2, -0.15) is 0 Å². The lowest BCUT2D eigenvalue weighted by Gasteiger charge is -2.19. The molecule has 0 aliphatic carbocycles. The van der Waals surface area contributed by atoms with E-state index < -0.39 is 5.60 Å². The summed E-state index contributed by atoms with van der Waals surface area (Å²) in [4.78, 5) is 11.7. The van der Waals surface area contributed by atoms with Crippen LogP contribution in [0.4, 0.5) is 0 Å². The Morgan fingerprint density at radius 1 is 1.53 bits per heavy atom. The number of nitrogens with one attached hydrogen (secondary N) is 1. The molecule has 0 aromatic heterocycles. The first kappa shape index (κ1) is 13.8. The predicted molar refractivity (Wildman–Crippen MR) is 73.6 cm³/mol. The van der Waals surface area contributed by atoms with Crippen LogP contribution in [-0.4, -0.2) is 36.4 Å². The number of rotatable bonds is 4. The van der Waals surface area contributed by atoms with Crippen LogP contribution in [-0.2, 0) is 9.53 Å². The number of amides is 1. The lowest BCUT2D eigenvalue weighted by atomic mass is 10.0.